The lowest BCUT2D eigenvalue weighted by atomic mass is 10.1. The van der Waals surface area contributed by atoms with E-state index in [-0.39, 0.29) is 37.5 Å². The van der Waals surface area contributed by atoms with Gasteiger partial charge in [0.15, 0.2) is 6.10 Å². The first-order valence-corrected chi connectivity index (χ1v) is 24.8. The van der Waals surface area contributed by atoms with E-state index in [2.05, 4.69) is 118 Å². The number of allylic oxidation sites excluding steroid dienone is 16. The van der Waals surface area contributed by atoms with Crippen LogP contribution in [-0.2, 0) is 28.6 Å². The van der Waals surface area contributed by atoms with Crippen molar-refractivity contribution in [2.24, 2.45) is 0 Å². The number of esters is 3. The molecule has 0 aliphatic rings. The van der Waals surface area contributed by atoms with Crippen molar-refractivity contribution in [3.63, 3.8) is 0 Å². The fraction of sp³-hybridized carbons (Fsp3) is 0.655. The molecule has 0 aromatic carbocycles. The number of carbonyl (C=O) groups excluding carboxylic acids is 3. The van der Waals surface area contributed by atoms with Crippen molar-refractivity contribution in [1.29, 1.82) is 0 Å². The molecule has 61 heavy (non-hydrogen) atoms. The van der Waals surface area contributed by atoms with Gasteiger partial charge in [-0.05, 0) is 103 Å². The number of hydrogen-bond donors (Lipinski definition) is 0. The highest BCUT2D eigenvalue weighted by molar-refractivity contribution is 5.71. The van der Waals surface area contributed by atoms with Gasteiger partial charge in [-0.3, -0.25) is 14.4 Å². The Bertz CT molecular complexity index is 1250. The second-order valence-corrected chi connectivity index (χ2v) is 16.0. The van der Waals surface area contributed by atoms with Gasteiger partial charge in [-0.1, -0.05) is 189 Å². The molecule has 0 saturated carbocycles. The Hall–Kier alpha value is -3.67. The maximum atomic E-state index is 12.8. The van der Waals surface area contributed by atoms with Crippen LogP contribution in [0.5, 0.6) is 0 Å². The molecule has 0 amide bonds. The van der Waals surface area contributed by atoms with Crippen molar-refractivity contribution >= 4 is 17.9 Å². The Balaban J connectivity index is 4.51. The van der Waals surface area contributed by atoms with Crippen LogP contribution in [0.1, 0.15) is 213 Å². The summed E-state index contributed by atoms with van der Waals surface area (Å²) in [6.45, 7) is 6.37. The van der Waals surface area contributed by atoms with Crippen LogP contribution >= 0.6 is 0 Å². The zero-order chi connectivity index (χ0) is 44.4. The standard InChI is InChI=1S/C55H90O6/c1-4-7-10-13-16-19-22-24-26-27-29-30-33-36-39-42-45-48-54(57)60-51-52(50-59-53(56)47-44-41-38-35-32-21-18-15-12-9-6-3)61-55(58)49-46-43-40-37-34-31-28-25-23-20-17-14-11-8-5-2/h7,10,15-20,23-26,29-30,36,39,52H,4-6,8-9,11-14,21-22,27-28,31-35,37-38,40-51H2,1-3H3/b10-7-,18-15-,19-16-,20-17-,25-23-,26-24-,30-29-,39-36-. The van der Waals surface area contributed by atoms with Crippen molar-refractivity contribution in [2.45, 2.75) is 219 Å². The third-order valence-electron chi connectivity index (χ3n) is 10.1. The largest absolute Gasteiger partial charge is 0.462 e. The van der Waals surface area contributed by atoms with Gasteiger partial charge in [-0.2, -0.15) is 0 Å². The summed E-state index contributed by atoms with van der Waals surface area (Å²) in [7, 11) is 0. The fourth-order valence-corrected chi connectivity index (χ4v) is 6.33. The highest BCUT2D eigenvalue weighted by Crippen LogP contribution is 2.13. The van der Waals surface area contributed by atoms with E-state index < -0.39 is 6.10 Å². The molecule has 0 aromatic heterocycles. The Morgan fingerprint density at radius 2 is 0.721 bits per heavy atom. The minimum atomic E-state index is -0.809. The van der Waals surface area contributed by atoms with Crippen LogP contribution in [0.3, 0.4) is 0 Å². The van der Waals surface area contributed by atoms with E-state index in [0.29, 0.717) is 19.3 Å². The molecule has 0 aromatic rings. The second-order valence-electron chi connectivity index (χ2n) is 16.0. The van der Waals surface area contributed by atoms with Gasteiger partial charge in [0.1, 0.15) is 13.2 Å². The number of ether oxygens (including phenoxy) is 3. The van der Waals surface area contributed by atoms with Gasteiger partial charge >= 0.3 is 17.9 Å². The van der Waals surface area contributed by atoms with Gasteiger partial charge in [0, 0.05) is 19.3 Å². The Labute approximate surface area is 375 Å². The molecule has 0 bridgehead atoms. The van der Waals surface area contributed by atoms with E-state index in [0.717, 1.165) is 103 Å². The van der Waals surface area contributed by atoms with Crippen molar-refractivity contribution in [2.75, 3.05) is 13.2 Å². The monoisotopic (exact) mass is 847 g/mol. The zero-order valence-corrected chi connectivity index (χ0v) is 39.4. The predicted molar refractivity (Wildman–Crippen MR) is 260 cm³/mol. The molecule has 0 spiro atoms. The molecule has 0 heterocycles. The summed E-state index contributed by atoms with van der Waals surface area (Å²) in [5.41, 5.74) is 0. The Kier molecular flexibility index (Phi) is 46.0. The van der Waals surface area contributed by atoms with Gasteiger partial charge in [0.25, 0.3) is 0 Å². The molecule has 1 unspecified atom stereocenters. The third-order valence-corrected chi connectivity index (χ3v) is 10.1. The second kappa shape index (κ2) is 49.0. The van der Waals surface area contributed by atoms with Crippen LogP contribution in [0, 0.1) is 0 Å². The lowest BCUT2D eigenvalue weighted by Gasteiger charge is -2.18. The van der Waals surface area contributed by atoms with Gasteiger partial charge < -0.3 is 14.2 Å². The first-order valence-electron chi connectivity index (χ1n) is 24.8. The normalized spacial score (nSPS) is 12.9. The molecule has 0 rings (SSSR count). The van der Waals surface area contributed by atoms with Crippen LogP contribution in [0.25, 0.3) is 0 Å². The molecule has 6 heteroatoms. The summed E-state index contributed by atoms with van der Waals surface area (Å²) in [6, 6.07) is 0. The van der Waals surface area contributed by atoms with Gasteiger partial charge in [0.2, 0.25) is 0 Å². The van der Waals surface area contributed by atoms with Crippen molar-refractivity contribution in [3.8, 4) is 0 Å². The first kappa shape index (κ1) is 57.3. The molecule has 0 aliphatic heterocycles. The molecular formula is C55H90O6. The highest BCUT2D eigenvalue weighted by atomic mass is 16.6. The molecule has 0 radical (unpaired) electrons. The van der Waals surface area contributed by atoms with E-state index in [1.807, 2.05) is 0 Å². The SMILES string of the molecule is CC/C=C\C/C=C\C/C=C\C/C=C\C/C=C\CCCC(=O)OCC(COC(=O)CCCCCCC/C=C\CCCC)OC(=O)CCCCCCCC/C=C\C=C/CCCCC. The minimum absolute atomic E-state index is 0.106. The van der Waals surface area contributed by atoms with Gasteiger partial charge in [-0.15, -0.1) is 0 Å². The number of unbranched alkanes of at least 4 members (excludes halogenated alkanes) is 17. The van der Waals surface area contributed by atoms with Crippen LogP contribution in [0.2, 0.25) is 0 Å². The zero-order valence-electron chi connectivity index (χ0n) is 39.4. The fourth-order valence-electron chi connectivity index (χ4n) is 6.33. The summed E-state index contributed by atoms with van der Waals surface area (Å²) in [5, 5.41) is 0. The minimum Gasteiger partial charge on any atom is -0.462 e. The molecule has 0 saturated heterocycles. The van der Waals surface area contributed by atoms with E-state index >= 15 is 0 Å². The van der Waals surface area contributed by atoms with Crippen LogP contribution in [-0.4, -0.2) is 37.2 Å². The predicted octanol–water partition coefficient (Wildman–Crippen LogP) is 16.2. The average molecular weight is 847 g/mol. The van der Waals surface area contributed by atoms with Gasteiger partial charge in [-0.25, -0.2) is 0 Å². The summed E-state index contributed by atoms with van der Waals surface area (Å²) < 4.78 is 16.7. The molecular weight excluding hydrogens is 757 g/mol. The summed E-state index contributed by atoms with van der Waals surface area (Å²) >= 11 is 0. The lowest BCUT2D eigenvalue weighted by Crippen LogP contribution is -2.30. The highest BCUT2D eigenvalue weighted by Gasteiger charge is 2.19. The van der Waals surface area contributed by atoms with Gasteiger partial charge in [0.05, 0.1) is 0 Å². The van der Waals surface area contributed by atoms with Crippen molar-refractivity contribution < 1.29 is 28.6 Å². The Morgan fingerprint density at radius 1 is 0.361 bits per heavy atom. The molecule has 0 N–H and O–H groups in total. The maximum Gasteiger partial charge on any atom is 0.306 e. The smallest absolute Gasteiger partial charge is 0.306 e. The quantitative estimate of drug-likeness (QED) is 0.0200. The van der Waals surface area contributed by atoms with E-state index in [1.54, 1.807) is 0 Å². The van der Waals surface area contributed by atoms with E-state index in [4.69, 9.17) is 14.2 Å². The lowest BCUT2D eigenvalue weighted by molar-refractivity contribution is -0.167. The third kappa shape index (κ3) is 47.2. The topological polar surface area (TPSA) is 78.9 Å². The van der Waals surface area contributed by atoms with E-state index in [9.17, 15) is 14.4 Å². The van der Waals surface area contributed by atoms with Crippen LogP contribution in [0.15, 0.2) is 97.2 Å². The van der Waals surface area contributed by atoms with Crippen LogP contribution in [0.4, 0.5) is 0 Å². The van der Waals surface area contributed by atoms with Crippen molar-refractivity contribution in [3.05, 3.63) is 97.2 Å². The summed E-state index contributed by atoms with van der Waals surface area (Å²) in [4.78, 5) is 37.9. The van der Waals surface area contributed by atoms with Crippen molar-refractivity contribution in [1.82, 2.24) is 0 Å². The number of rotatable bonds is 43. The molecule has 0 aliphatic carbocycles. The summed E-state index contributed by atoms with van der Waals surface area (Å²) in [6.07, 6.45) is 63.9. The molecule has 1 atom stereocenters. The molecule has 346 valence electrons. The molecule has 0 fully saturated rings. The summed E-state index contributed by atoms with van der Waals surface area (Å²) in [5.74, 6) is -0.994. The number of carbonyl (C=O) groups is 3. The average Bonchev–Trinajstić information content (AvgIpc) is 3.26. The maximum absolute atomic E-state index is 12.8. The Morgan fingerprint density at radius 3 is 1.23 bits per heavy atom. The van der Waals surface area contributed by atoms with Crippen LogP contribution < -0.4 is 0 Å². The first-order chi connectivity index (χ1) is 30.0. The van der Waals surface area contributed by atoms with E-state index in [1.165, 1.54) is 64.2 Å². The molecule has 6 nitrogen and oxygen atoms in total. The number of hydrogen-bond acceptors (Lipinski definition) is 6.